The number of carbonyl (C=O) groups is 2. The lowest BCUT2D eigenvalue weighted by Crippen LogP contribution is -2.32. The molecule has 1 heterocycles. The Morgan fingerprint density at radius 2 is 1.70 bits per heavy atom. The highest BCUT2D eigenvalue weighted by Crippen LogP contribution is 2.38. The standard InChI is InChI=1S/C21H27N3O5S/c1-11(2)17(21-23-14(10-30-21)20(26)22-13-6-7-13)24-19(25)12-8-15(27-3)18(29-5)16(9-12)28-4/h8-11,13,17H,6-7H2,1-5H3,(H,22,26)(H,24,25). The zero-order chi connectivity index (χ0) is 21.8. The molecule has 0 saturated heterocycles. The molecule has 2 amide bonds. The molecule has 0 spiro atoms. The van der Waals surface area contributed by atoms with Gasteiger partial charge in [-0.15, -0.1) is 11.3 Å². The summed E-state index contributed by atoms with van der Waals surface area (Å²) >= 11 is 1.36. The number of carbonyl (C=O) groups excluding carboxylic acids is 2. The summed E-state index contributed by atoms with van der Waals surface area (Å²) < 4.78 is 16.0. The van der Waals surface area contributed by atoms with Crippen LogP contribution in [0.2, 0.25) is 0 Å². The summed E-state index contributed by atoms with van der Waals surface area (Å²) in [6.07, 6.45) is 2.03. The molecule has 9 heteroatoms. The van der Waals surface area contributed by atoms with E-state index in [1.54, 1.807) is 17.5 Å². The summed E-state index contributed by atoms with van der Waals surface area (Å²) in [6, 6.07) is 3.13. The molecule has 0 bridgehead atoms. The highest BCUT2D eigenvalue weighted by Gasteiger charge is 2.27. The van der Waals surface area contributed by atoms with E-state index < -0.39 is 0 Å². The Kier molecular flexibility index (Phi) is 6.81. The number of aromatic nitrogens is 1. The number of ether oxygens (including phenoxy) is 3. The highest BCUT2D eigenvalue weighted by molar-refractivity contribution is 7.09. The summed E-state index contributed by atoms with van der Waals surface area (Å²) in [5.41, 5.74) is 0.757. The van der Waals surface area contributed by atoms with E-state index in [0.29, 0.717) is 33.5 Å². The third-order valence-electron chi connectivity index (χ3n) is 4.81. The number of hydrogen-bond donors (Lipinski definition) is 2. The fraction of sp³-hybridized carbons (Fsp3) is 0.476. The van der Waals surface area contributed by atoms with E-state index in [9.17, 15) is 9.59 Å². The average Bonchev–Trinajstić information content (AvgIpc) is 3.42. The van der Waals surface area contributed by atoms with Gasteiger partial charge in [0, 0.05) is 17.0 Å². The first-order chi connectivity index (χ1) is 14.4. The second kappa shape index (κ2) is 9.34. The Morgan fingerprint density at radius 1 is 1.07 bits per heavy atom. The number of thiazole rings is 1. The van der Waals surface area contributed by atoms with Crippen molar-refractivity contribution < 1.29 is 23.8 Å². The summed E-state index contributed by atoms with van der Waals surface area (Å²) in [5, 5.41) is 8.37. The number of amides is 2. The van der Waals surface area contributed by atoms with E-state index in [1.807, 2.05) is 13.8 Å². The number of rotatable bonds is 9. The van der Waals surface area contributed by atoms with Crippen LogP contribution in [0.4, 0.5) is 0 Å². The molecule has 1 fully saturated rings. The zero-order valence-corrected chi connectivity index (χ0v) is 18.6. The normalized spacial score (nSPS) is 14.2. The number of benzene rings is 1. The van der Waals surface area contributed by atoms with Crippen molar-refractivity contribution in [1.82, 2.24) is 15.6 Å². The van der Waals surface area contributed by atoms with Crippen LogP contribution in [0.25, 0.3) is 0 Å². The van der Waals surface area contributed by atoms with Crippen molar-refractivity contribution in [3.8, 4) is 17.2 Å². The van der Waals surface area contributed by atoms with E-state index >= 15 is 0 Å². The van der Waals surface area contributed by atoms with Gasteiger partial charge in [0.25, 0.3) is 11.8 Å². The molecule has 0 radical (unpaired) electrons. The van der Waals surface area contributed by atoms with E-state index in [4.69, 9.17) is 14.2 Å². The summed E-state index contributed by atoms with van der Waals surface area (Å²) in [6.45, 7) is 3.98. The van der Waals surface area contributed by atoms with Crippen LogP contribution in [-0.4, -0.2) is 44.2 Å². The van der Waals surface area contributed by atoms with E-state index in [-0.39, 0.29) is 29.8 Å². The maximum absolute atomic E-state index is 13.0. The monoisotopic (exact) mass is 433 g/mol. The van der Waals surface area contributed by atoms with Gasteiger partial charge in [0.15, 0.2) is 11.5 Å². The number of nitrogens with zero attached hydrogens (tertiary/aromatic N) is 1. The molecule has 2 aromatic rings. The molecule has 1 atom stereocenters. The second-order valence-corrected chi connectivity index (χ2v) is 8.32. The Hall–Kier alpha value is -2.81. The molecule has 2 N–H and O–H groups in total. The topological polar surface area (TPSA) is 98.8 Å². The number of nitrogens with one attached hydrogen (secondary N) is 2. The molecule has 1 unspecified atom stereocenters. The summed E-state index contributed by atoms with van der Waals surface area (Å²) in [5.74, 6) is 0.822. The predicted molar refractivity (Wildman–Crippen MR) is 114 cm³/mol. The predicted octanol–water partition coefficient (Wildman–Crippen LogP) is 3.19. The zero-order valence-electron chi connectivity index (χ0n) is 17.8. The quantitative estimate of drug-likeness (QED) is 0.630. The molecule has 1 aliphatic rings. The van der Waals surface area contributed by atoms with Crippen LogP contribution < -0.4 is 24.8 Å². The first kappa shape index (κ1) is 21.9. The van der Waals surface area contributed by atoms with Crippen molar-refractivity contribution in [3.63, 3.8) is 0 Å². The fourth-order valence-electron chi connectivity index (χ4n) is 2.97. The first-order valence-electron chi connectivity index (χ1n) is 9.75. The van der Waals surface area contributed by atoms with Gasteiger partial charge in [-0.3, -0.25) is 9.59 Å². The SMILES string of the molecule is COc1cc(C(=O)NC(c2nc(C(=O)NC3CC3)cs2)C(C)C)cc(OC)c1OC. The maximum atomic E-state index is 13.0. The van der Waals surface area contributed by atoms with Crippen LogP contribution in [0, 0.1) is 5.92 Å². The Bertz CT molecular complexity index is 898. The van der Waals surface area contributed by atoms with Crippen LogP contribution >= 0.6 is 11.3 Å². The van der Waals surface area contributed by atoms with Gasteiger partial charge in [0.1, 0.15) is 10.7 Å². The largest absolute Gasteiger partial charge is 0.493 e. The van der Waals surface area contributed by atoms with Gasteiger partial charge < -0.3 is 24.8 Å². The second-order valence-electron chi connectivity index (χ2n) is 7.43. The van der Waals surface area contributed by atoms with Gasteiger partial charge in [0.05, 0.1) is 27.4 Å². The van der Waals surface area contributed by atoms with Crippen molar-refractivity contribution in [2.75, 3.05) is 21.3 Å². The Morgan fingerprint density at radius 3 is 2.20 bits per heavy atom. The molecular weight excluding hydrogens is 406 g/mol. The minimum absolute atomic E-state index is 0.0708. The lowest BCUT2D eigenvalue weighted by atomic mass is 10.0. The lowest BCUT2D eigenvalue weighted by Gasteiger charge is -2.21. The van der Waals surface area contributed by atoms with Gasteiger partial charge >= 0.3 is 0 Å². The van der Waals surface area contributed by atoms with Crippen LogP contribution in [0.5, 0.6) is 17.2 Å². The lowest BCUT2D eigenvalue weighted by molar-refractivity contribution is 0.0924. The van der Waals surface area contributed by atoms with Crippen LogP contribution in [0.1, 0.15) is 58.6 Å². The van der Waals surface area contributed by atoms with Gasteiger partial charge in [0.2, 0.25) is 5.75 Å². The van der Waals surface area contributed by atoms with Gasteiger partial charge in [-0.2, -0.15) is 0 Å². The van der Waals surface area contributed by atoms with Crippen molar-refractivity contribution >= 4 is 23.2 Å². The minimum Gasteiger partial charge on any atom is -0.493 e. The summed E-state index contributed by atoms with van der Waals surface area (Å²) in [4.78, 5) is 29.7. The molecule has 1 saturated carbocycles. The van der Waals surface area contributed by atoms with Crippen molar-refractivity contribution in [2.45, 2.75) is 38.8 Å². The molecule has 0 aliphatic heterocycles. The third kappa shape index (κ3) is 4.84. The van der Waals surface area contributed by atoms with Crippen molar-refractivity contribution in [3.05, 3.63) is 33.8 Å². The maximum Gasteiger partial charge on any atom is 0.270 e. The first-order valence-corrected chi connectivity index (χ1v) is 10.6. The molecule has 1 aromatic heterocycles. The molecule has 8 nitrogen and oxygen atoms in total. The summed E-state index contributed by atoms with van der Waals surface area (Å²) in [7, 11) is 4.51. The Balaban J connectivity index is 1.81. The van der Waals surface area contributed by atoms with E-state index in [1.165, 1.54) is 32.7 Å². The third-order valence-corrected chi connectivity index (χ3v) is 5.74. The molecule has 1 aromatic carbocycles. The van der Waals surface area contributed by atoms with Crippen LogP contribution in [-0.2, 0) is 0 Å². The van der Waals surface area contributed by atoms with Crippen LogP contribution in [0.3, 0.4) is 0 Å². The van der Waals surface area contributed by atoms with E-state index in [0.717, 1.165) is 12.8 Å². The average molecular weight is 434 g/mol. The Labute approximate surface area is 179 Å². The molecule has 1 aliphatic carbocycles. The molecule has 162 valence electrons. The molecule has 30 heavy (non-hydrogen) atoms. The van der Waals surface area contributed by atoms with Gasteiger partial charge in [-0.05, 0) is 30.9 Å². The number of methoxy groups -OCH3 is 3. The fourth-order valence-corrected chi connectivity index (χ4v) is 3.99. The smallest absolute Gasteiger partial charge is 0.270 e. The van der Waals surface area contributed by atoms with Crippen molar-refractivity contribution in [1.29, 1.82) is 0 Å². The molecular formula is C21H27N3O5S. The van der Waals surface area contributed by atoms with Gasteiger partial charge in [-0.25, -0.2) is 4.98 Å². The highest BCUT2D eigenvalue weighted by atomic mass is 32.1. The minimum atomic E-state index is -0.343. The van der Waals surface area contributed by atoms with E-state index in [2.05, 4.69) is 15.6 Å². The van der Waals surface area contributed by atoms with Gasteiger partial charge in [-0.1, -0.05) is 13.8 Å². The van der Waals surface area contributed by atoms with Crippen LogP contribution in [0.15, 0.2) is 17.5 Å². The number of hydrogen-bond acceptors (Lipinski definition) is 7. The van der Waals surface area contributed by atoms with Crippen molar-refractivity contribution in [2.24, 2.45) is 5.92 Å². The molecule has 3 rings (SSSR count).